The van der Waals surface area contributed by atoms with Crippen molar-refractivity contribution >= 4 is 28.9 Å². The summed E-state index contributed by atoms with van der Waals surface area (Å²) in [6.45, 7) is 10.9. The lowest BCUT2D eigenvalue weighted by molar-refractivity contribution is 0.0750. The molecule has 0 spiro atoms. The average Bonchev–Trinajstić information content (AvgIpc) is 3.06. The fraction of sp³-hybridized carbons (Fsp3) is 0.579. The van der Waals surface area contributed by atoms with Gasteiger partial charge in [-0.1, -0.05) is 0 Å². The fourth-order valence-electron chi connectivity index (χ4n) is 3.70. The highest BCUT2D eigenvalue weighted by Gasteiger charge is 2.26. The molecule has 8 nitrogen and oxygen atoms in total. The number of nitrogens with zero attached hydrogens (tertiary/aromatic N) is 7. The van der Waals surface area contributed by atoms with Gasteiger partial charge in [-0.3, -0.25) is 4.79 Å². The second-order valence-electron chi connectivity index (χ2n) is 7.47. The quantitative estimate of drug-likeness (QED) is 0.767. The minimum Gasteiger partial charge on any atom is -0.353 e. The number of carbonyl (C=O) groups is 1. The van der Waals surface area contributed by atoms with Crippen LogP contribution >= 0.6 is 11.3 Å². The molecule has 0 aromatic carbocycles. The van der Waals surface area contributed by atoms with E-state index in [9.17, 15) is 4.79 Å². The van der Waals surface area contributed by atoms with Crippen molar-refractivity contribution < 1.29 is 4.79 Å². The summed E-state index contributed by atoms with van der Waals surface area (Å²) in [6, 6.07) is 4.11. The molecule has 4 rings (SSSR count). The first-order chi connectivity index (χ1) is 13.5. The van der Waals surface area contributed by atoms with Crippen molar-refractivity contribution in [1.82, 2.24) is 25.0 Å². The van der Waals surface area contributed by atoms with Gasteiger partial charge in [0.05, 0.1) is 10.7 Å². The van der Waals surface area contributed by atoms with Gasteiger partial charge in [-0.15, -0.1) is 21.5 Å². The molecule has 2 aromatic heterocycles. The van der Waals surface area contributed by atoms with E-state index in [1.807, 2.05) is 18.7 Å². The van der Waals surface area contributed by atoms with Crippen LogP contribution in [0.25, 0.3) is 0 Å². The number of hydrogen-bond acceptors (Lipinski definition) is 8. The highest BCUT2D eigenvalue weighted by atomic mass is 32.1. The average molecular weight is 402 g/mol. The number of anilines is 2. The van der Waals surface area contributed by atoms with E-state index in [-0.39, 0.29) is 5.91 Å². The largest absolute Gasteiger partial charge is 0.353 e. The number of likely N-dealkylation sites (N-methyl/N-ethyl adjacent to an activating group) is 1. The van der Waals surface area contributed by atoms with E-state index in [4.69, 9.17) is 0 Å². The highest BCUT2D eigenvalue weighted by molar-refractivity contribution is 7.13. The van der Waals surface area contributed by atoms with Crippen LogP contribution < -0.4 is 9.80 Å². The Morgan fingerprint density at radius 1 is 0.893 bits per heavy atom. The Labute approximate surface area is 169 Å². The Hall–Kier alpha value is -2.26. The van der Waals surface area contributed by atoms with Crippen LogP contribution in [0, 0.1) is 13.8 Å². The minimum absolute atomic E-state index is 0.0965. The van der Waals surface area contributed by atoms with Crippen molar-refractivity contribution in [1.29, 1.82) is 0 Å². The molecular formula is C19H27N7OS. The van der Waals surface area contributed by atoms with Gasteiger partial charge in [0.2, 0.25) is 0 Å². The summed E-state index contributed by atoms with van der Waals surface area (Å²) in [5.74, 6) is 1.93. The summed E-state index contributed by atoms with van der Waals surface area (Å²) in [5, 5.41) is 9.84. The molecule has 9 heteroatoms. The number of amides is 1. The Kier molecular flexibility index (Phi) is 5.45. The molecule has 1 amide bonds. The van der Waals surface area contributed by atoms with Crippen molar-refractivity contribution in [3.63, 3.8) is 0 Å². The maximum Gasteiger partial charge on any atom is 0.265 e. The van der Waals surface area contributed by atoms with Crippen molar-refractivity contribution in [3.8, 4) is 0 Å². The number of aryl methyl sites for hydroxylation is 2. The third-order valence-corrected chi connectivity index (χ3v) is 6.51. The van der Waals surface area contributed by atoms with Gasteiger partial charge >= 0.3 is 0 Å². The molecule has 2 aromatic rings. The molecule has 2 saturated heterocycles. The molecule has 0 bridgehead atoms. The lowest BCUT2D eigenvalue weighted by Gasteiger charge is -2.35. The Balaban J connectivity index is 1.35. The molecule has 0 atom stereocenters. The summed E-state index contributed by atoms with van der Waals surface area (Å²) in [4.78, 5) is 26.6. The predicted octanol–water partition coefficient (Wildman–Crippen LogP) is 1.26. The first kappa shape index (κ1) is 19.1. The molecule has 150 valence electrons. The van der Waals surface area contributed by atoms with Gasteiger partial charge < -0.3 is 19.6 Å². The van der Waals surface area contributed by atoms with Crippen molar-refractivity contribution in [3.05, 3.63) is 27.7 Å². The van der Waals surface area contributed by atoms with Crippen LogP contribution in [0.1, 0.15) is 20.4 Å². The van der Waals surface area contributed by atoms with E-state index in [0.717, 1.165) is 66.5 Å². The van der Waals surface area contributed by atoms with Crippen LogP contribution in [-0.2, 0) is 0 Å². The third kappa shape index (κ3) is 3.95. The first-order valence-electron chi connectivity index (χ1n) is 9.77. The minimum atomic E-state index is 0.0965. The van der Waals surface area contributed by atoms with Crippen LogP contribution in [-0.4, -0.2) is 90.3 Å². The number of aromatic nitrogens is 3. The van der Waals surface area contributed by atoms with Crippen LogP contribution in [0.2, 0.25) is 0 Å². The van der Waals surface area contributed by atoms with Gasteiger partial charge in [-0.05, 0) is 33.0 Å². The van der Waals surface area contributed by atoms with E-state index in [1.54, 1.807) is 0 Å². The zero-order chi connectivity index (χ0) is 19.7. The molecular weight excluding hydrogens is 374 g/mol. The van der Waals surface area contributed by atoms with E-state index < -0.39 is 0 Å². The van der Waals surface area contributed by atoms with Gasteiger partial charge in [0, 0.05) is 52.4 Å². The molecule has 2 aliphatic rings. The zero-order valence-corrected chi connectivity index (χ0v) is 17.6. The molecule has 0 unspecified atom stereocenters. The number of hydrogen-bond donors (Lipinski definition) is 0. The second-order valence-corrected chi connectivity index (χ2v) is 8.67. The van der Waals surface area contributed by atoms with Gasteiger partial charge in [0.1, 0.15) is 4.88 Å². The smallest absolute Gasteiger partial charge is 0.265 e. The summed E-state index contributed by atoms with van der Waals surface area (Å²) >= 11 is 1.48. The van der Waals surface area contributed by atoms with Gasteiger partial charge in [-0.2, -0.15) is 0 Å². The molecule has 2 aliphatic heterocycles. The number of rotatable bonds is 3. The Morgan fingerprint density at radius 2 is 1.43 bits per heavy atom. The molecule has 28 heavy (non-hydrogen) atoms. The maximum atomic E-state index is 12.8. The lowest BCUT2D eigenvalue weighted by Crippen LogP contribution is -2.49. The van der Waals surface area contributed by atoms with Crippen molar-refractivity contribution in [2.45, 2.75) is 13.8 Å². The summed E-state index contributed by atoms with van der Waals surface area (Å²) in [5.41, 5.74) is 0.834. The molecule has 0 N–H and O–H groups in total. The SMILES string of the molecule is Cc1nc(C)c(C(=O)N2CCN(c3ccc(N4CCN(C)CC4)nn3)CC2)s1. The zero-order valence-electron chi connectivity index (χ0n) is 16.8. The van der Waals surface area contributed by atoms with Crippen LogP contribution in [0.3, 0.4) is 0 Å². The molecule has 0 radical (unpaired) electrons. The van der Waals surface area contributed by atoms with E-state index in [2.05, 4.69) is 49.1 Å². The van der Waals surface area contributed by atoms with Gasteiger partial charge in [0.25, 0.3) is 5.91 Å². The second kappa shape index (κ2) is 8.00. The van der Waals surface area contributed by atoms with Gasteiger partial charge in [0.15, 0.2) is 11.6 Å². The highest BCUT2D eigenvalue weighted by Crippen LogP contribution is 2.22. The molecule has 2 fully saturated rings. The third-order valence-electron chi connectivity index (χ3n) is 5.45. The molecule has 0 aliphatic carbocycles. The summed E-state index contributed by atoms with van der Waals surface area (Å²) < 4.78 is 0. The molecule has 4 heterocycles. The monoisotopic (exact) mass is 401 g/mol. The Bertz CT molecular complexity index is 821. The van der Waals surface area contributed by atoms with Crippen LogP contribution in [0.15, 0.2) is 12.1 Å². The van der Waals surface area contributed by atoms with Crippen LogP contribution in [0.4, 0.5) is 11.6 Å². The topological polar surface area (TPSA) is 68.7 Å². The summed E-state index contributed by atoms with van der Waals surface area (Å²) in [7, 11) is 2.15. The van der Waals surface area contributed by atoms with E-state index in [1.165, 1.54) is 11.3 Å². The standard InChI is InChI=1S/C19H27N7OS/c1-14-18(28-15(2)20-14)19(27)26-12-10-25(11-13-26)17-5-4-16(21-22-17)24-8-6-23(3)7-9-24/h4-5H,6-13H2,1-3H3. The maximum absolute atomic E-state index is 12.8. The van der Waals surface area contributed by atoms with E-state index in [0.29, 0.717) is 13.1 Å². The Morgan fingerprint density at radius 3 is 1.89 bits per heavy atom. The van der Waals surface area contributed by atoms with E-state index >= 15 is 0 Å². The van der Waals surface area contributed by atoms with Gasteiger partial charge in [-0.25, -0.2) is 4.98 Å². The van der Waals surface area contributed by atoms with Crippen LogP contribution in [0.5, 0.6) is 0 Å². The summed E-state index contributed by atoms with van der Waals surface area (Å²) in [6.07, 6.45) is 0. The van der Waals surface area contributed by atoms with Crippen molar-refractivity contribution in [2.75, 3.05) is 69.2 Å². The van der Waals surface area contributed by atoms with Crippen molar-refractivity contribution in [2.24, 2.45) is 0 Å². The normalized spacial score (nSPS) is 18.6. The fourth-order valence-corrected chi connectivity index (χ4v) is 4.59. The lowest BCUT2D eigenvalue weighted by atomic mass is 10.2. The predicted molar refractivity (Wildman–Crippen MR) is 111 cm³/mol. The number of carbonyl (C=O) groups excluding carboxylic acids is 1. The number of piperazine rings is 2. The first-order valence-corrected chi connectivity index (χ1v) is 10.6. The molecule has 0 saturated carbocycles. The number of thiazole rings is 1.